The summed E-state index contributed by atoms with van der Waals surface area (Å²) in [7, 11) is 0. The molecule has 3 nitrogen and oxygen atoms in total. The van der Waals surface area contributed by atoms with E-state index in [1.54, 1.807) is 0 Å². The molecule has 0 aromatic heterocycles. The quantitative estimate of drug-likeness (QED) is 0.630. The van der Waals surface area contributed by atoms with Crippen LogP contribution in [0.25, 0.3) is 0 Å². The van der Waals surface area contributed by atoms with Crippen molar-refractivity contribution in [2.24, 2.45) is 5.92 Å². The minimum atomic E-state index is 0.160. The highest BCUT2D eigenvalue weighted by Crippen LogP contribution is 2.09. The first-order valence-electron chi connectivity index (χ1n) is 4.83. The van der Waals surface area contributed by atoms with Crippen molar-refractivity contribution in [2.75, 3.05) is 19.6 Å². The first kappa shape index (κ1) is 10.3. The van der Waals surface area contributed by atoms with Gasteiger partial charge in [-0.05, 0) is 26.3 Å². The summed E-state index contributed by atoms with van der Waals surface area (Å²) in [4.78, 5) is 11.5. The van der Waals surface area contributed by atoms with Gasteiger partial charge in [0, 0.05) is 13.1 Å². The zero-order chi connectivity index (χ0) is 9.68. The van der Waals surface area contributed by atoms with Crippen LogP contribution in [0.5, 0.6) is 0 Å². The number of nitrogens with one attached hydrogen (secondary N) is 2. The van der Waals surface area contributed by atoms with Gasteiger partial charge in [0.2, 0.25) is 5.91 Å². The van der Waals surface area contributed by atoms with Crippen LogP contribution in [0, 0.1) is 5.92 Å². The van der Waals surface area contributed by atoms with Gasteiger partial charge in [0.25, 0.3) is 0 Å². The van der Waals surface area contributed by atoms with Crippen molar-refractivity contribution in [3.8, 4) is 0 Å². The molecular weight excluding hydrogens is 164 g/mol. The second kappa shape index (κ2) is 5.02. The molecule has 1 aliphatic heterocycles. The van der Waals surface area contributed by atoms with Gasteiger partial charge < -0.3 is 10.6 Å². The fourth-order valence-corrected chi connectivity index (χ4v) is 1.46. The SMILES string of the molecule is C=C(C)CNC(=O)[C@@H]1CCCNC1. The van der Waals surface area contributed by atoms with Gasteiger partial charge in [0.15, 0.2) is 0 Å². The van der Waals surface area contributed by atoms with Gasteiger partial charge >= 0.3 is 0 Å². The van der Waals surface area contributed by atoms with Gasteiger partial charge in [-0.2, -0.15) is 0 Å². The van der Waals surface area contributed by atoms with Gasteiger partial charge in [-0.15, -0.1) is 0 Å². The first-order valence-corrected chi connectivity index (χ1v) is 4.83. The molecular formula is C10H18N2O. The summed E-state index contributed by atoms with van der Waals surface area (Å²) in [6, 6.07) is 0. The van der Waals surface area contributed by atoms with Gasteiger partial charge in [0.1, 0.15) is 0 Å². The van der Waals surface area contributed by atoms with Crippen molar-refractivity contribution in [3.05, 3.63) is 12.2 Å². The second-order valence-electron chi connectivity index (χ2n) is 3.72. The lowest BCUT2D eigenvalue weighted by Crippen LogP contribution is -2.40. The van der Waals surface area contributed by atoms with Crippen LogP contribution < -0.4 is 10.6 Å². The molecule has 0 radical (unpaired) electrons. The summed E-state index contributed by atoms with van der Waals surface area (Å²) in [6.45, 7) is 8.13. The van der Waals surface area contributed by atoms with Crippen LogP contribution in [0.2, 0.25) is 0 Å². The van der Waals surface area contributed by atoms with E-state index in [2.05, 4.69) is 17.2 Å². The van der Waals surface area contributed by atoms with Crippen LogP contribution in [0.15, 0.2) is 12.2 Å². The Morgan fingerprint density at radius 2 is 2.46 bits per heavy atom. The van der Waals surface area contributed by atoms with Crippen molar-refractivity contribution in [1.29, 1.82) is 0 Å². The molecule has 74 valence electrons. The number of piperidine rings is 1. The normalized spacial score (nSPS) is 22.4. The summed E-state index contributed by atoms with van der Waals surface area (Å²) in [5.74, 6) is 0.323. The Kier molecular flexibility index (Phi) is 3.96. The topological polar surface area (TPSA) is 41.1 Å². The number of hydrogen-bond acceptors (Lipinski definition) is 2. The van der Waals surface area contributed by atoms with Crippen molar-refractivity contribution in [1.82, 2.24) is 10.6 Å². The van der Waals surface area contributed by atoms with Gasteiger partial charge in [-0.25, -0.2) is 0 Å². The van der Waals surface area contributed by atoms with E-state index in [9.17, 15) is 4.79 Å². The predicted octanol–water partition coefficient (Wildman–Crippen LogP) is 0.678. The first-order chi connectivity index (χ1) is 6.20. The molecule has 0 aromatic rings. The maximum atomic E-state index is 11.5. The molecule has 0 bridgehead atoms. The molecule has 1 atom stereocenters. The number of amides is 1. The van der Waals surface area contributed by atoms with E-state index in [4.69, 9.17) is 0 Å². The van der Waals surface area contributed by atoms with Crippen LogP contribution in [-0.2, 0) is 4.79 Å². The van der Waals surface area contributed by atoms with Crippen LogP contribution in [0.4, 0.5) is 0 Å². The smallest absolute Gasteiger partial charge is 0.224 e. The number of carbonyl (C=O) groups is 1. The van der Waals surface area contributed by atoms with Crippen molar-refractivity contribution < 1.29 is 4.79 Å². The van der Waals surface area contributed by atoms with Gasteiger partial charge in [-0.1, -0.05) is 12.2 Å². The Balaban J connectivity index is 2.25. The molecule has 13 heavy (non-hydrogen) atoms. The molecule has 1 fully saturated rings. The average Bonchev–Trinajstić information content (AvgIpc) is 2.15. The second-order valence-corrected chi connectivity index (χ2v) is 3.72. The van der Waals surface area contributed by atoms with E-state index in [0.29, 0.717) is 6.54 Å². The maximum absolute atomic E-state index is 11.5. The van der Waals surface area contributed by atoms with Crippen LogP contribution >= 0.6 is 0 Å². The number of hydrogen-bond donors (Lipinski definition) is 2. The Labute approximate surface area is 79.6 Å². The minimum Gasteiger partial charge on any atom is -0.352 e. The molecule has 0 spiro atoms. The summed E-state index contributed by atoms with van der Waals surface area (Å²) in [6.07, 6.45) is 2.11. The Morgan fingerprint density at radius 1 is 1.69 bits per heavy atom. The standard InChI is InChI=1S/C10H18N2O/c1-8(2)6-12-10(13)9-4-3-5-11-7-9/h9,11H,1,3-7H2,2H3,(H,12,13)/t9-/m1/s1. The largest absolute Gasteiger partial charge is 0.352 e. The van der Waals surface area contributed by atoms with Crippen molar-refractivity contribution >= 4 is 5.91 Å². The Morgan fingerprint density at radius 3 is 3.00 bits per heavy atom. The highest BCUT2D eigenvalue weighted by molar-refractivity contribution is 5.79. The Bertz CT molecular complexity index is 195. The zero-order valence-corrected chi connectivity index (χ0v) is 8.23. The zero-order valence-electron chi connectivity index (χ0n) is 8.23. The maximum Gasteiger partial charge on any atom is 0.224 e. The summed E-state index contributed by atoms with van der Waals surface area (Å²) < 4.78 is 0. The highest BCUT2D eigenvalue weighted by atomic mass is 16.1. The molecule has 2 N–H and O–H groups in total. The molecule has 0 unspecified atom stereocenters. The van der Waals surface area contributed by atoms with E-state index in [1.165, 1.54) is 0 Å². The monoisotopic (exact) mass is 182 g/mol. The molecule has 3 heteroatoms. The fraction of sp³-hybridized carbons (Fsp3) is 0.700. The molecule has 1 heterocycles. The van der Waals surface area contributed by atoms with Gasteiger partial charge in [-0.3, -0.25) is 4.79 Å². The van der Waals surface area contributed by atoms with E-state index in [-0.39, 0.29) is 11.8 Å². The minimum absolute atomic E-state index is 0.160. The Hall–Kier alpha value is -0.830. The van der Waals surface area contributed by atoms with Crippen molar-refractivity contribution in [3.63, 3.8) is 0 Å². The van der Waals surface area contributed by atoms with Crippen LogP contribution in [0.3, 0.4) is 0 Å². The fourth-order valence-electron chi connectivity index (χ4n) is 1.46. The van der Waals surface area contributed by atoms with E-state index in [1.807, 2.05) is 6.92 Å². The predicted molar refractivity (Wildman–Crippen MR) is 53.4 cm³/mol. The van der Waals surface area contributed by atoms with Gasteiger partial charge in [0.05, 0.1) is 5.92 Å². The summed E-state index contributed by atoms with van der Waals surface area (Å²) >= 11 is 0. The molecule has 1 aliphatic rings. The lowest BCUT2D eigenvalue weighted by atomic mass is 9.99. The molecule has 1 saturated heterocycles. The molecule has 0 aliphatic carbocycles. The number of rotatable bonds is 3. The summed E-state index contributed by atoms with van der Waals surface area (Å²) in [5, 5.41) is 6.09. The summed E-state index contributed by atoms with van der Waals surface area (Å²) in [5.41, 5.74) is 0.997. The van der Waals surface area contributed by atoms with E-state index in [0.717, 1.165) is 31.5 Å². The number of carbonyl (C=O) groups excluding carboxylic acids is 1. The van der Waals surface area contributed by atoms with Crippen molar-refractivity contribution in [2.45, 2.75) is 19.8 Å². The third-order valence-electron chi connectivity index (χ3n) is 2.23. The lowest BCUT2D eigenvalue weighted by Gasteiger charge is -2.21. The third-order valence-corrected chi connectivity index (χ3v) is 2.23. The van der Waals surface area contributed by atoms with Crippen LogP contribution in [-0.4, -0.2) is 25.5 Å². The molecule has 1 amide bonds. The lowest BCUT2D eigenvalue weighted by molar-refractivity contribution is -0.125. The van der Waals surface area contributed by atoms with E-state index < -0.39 is 0 Å². The van der Waals surface area contributed by atoms with E-state index >= 15 is 0 Å². The molecule has 0 saturated carbocycles. The van der Waals surface area contributed by atoms with Crippen LogP contribution in [0.1, 0.15) is 19.8 Å². The highest BCUT2D eigenvalue weighted by Gasteiger charge is 2.19. The molecule has 1 rings (SSSR count). The third kappa shape index (κ3) is 3.59. The average molecular weight is 182 g/mol. The molecule has 0 aromatic carbocycles.